The van der Waals surface area contributed by atoms with Crippen LogP contribution in [0.25, 0.3) is 0 Å². The second-order valence-electron chi connectivity index (χ2n) is 3.58. The normalized spacial score (nSPS) is 36.6. The maximum atomic E-state index is 6.09. The molecule has 1 aliphatic rings. The topological polar surface area (TPSA) is 0 Å². The van der Waals surface area contributed by atoms with Crippen molar-refractivity contribution < 1.29 is 0 Å². The van der Waals surface area contributed by atoms with Crippen LogP contribution in [0, 0.1) is 5.92 Å². The lowest BCUT2D eigenvalue weighted by Gasteiger charge is -2.18. The first kappa shape index (κ1) is 8.39. The summed E-state index contributed by atoms with van der Waals surface area (Å²) < 4.78 is 0. The third-order valence-electron chi connectivity index (χ3n) is 2.37. The summed E-state index contributed by atoms with van der Waals surface area (Å²) in [5, 5.41) is 0.468. The van der Waals surface area contributed by atoms with Gasteiger partial charge in [-0.15, -0.1) is 11.6 Å². The molecule has 10 heavy (non-hydrogen) atoms. The van der Waals surface area contributed by atoms with Gasteiger partial charge >= 0.3 is 0 Å². The van der Waals surface area contributed by atoms with Crippen LogP contribution in [0.4, 0.5) is 0 Å². The van der Waals surface area contributed by atoms with E-state index in [-0.39, 0.29) is 0 Å². The standard InChI is InChI=1S/C9H17Cl/c1-8-5-3-2-4-6-9(10)7-8/h8-9H,2-7H2,1H3. The van der Waals surface area contributed by atoms with Gasteiger partial charge < -0.3 is 0 Å². The van der Waals surface area contributed by atoms with E-state index >= 15 is 0 Å². The molecule has 60 valence electrons. The zero-order valence-electron chi connectivity index (χ0n) is 6.78. The van der Waals surface area contributed by atoms with E-state index in [2.05, 4.69) is 6.92 Å². The summed E-state index contributed by atoms with van der Waals surface area (Å²) >= 11 is 6.09. The fourth-order valence-electron chi connectivity index (χ4n) is 1.71. The molecule has 0 radical (unpaired) electrons. The zero-order valence-corrected chi connectivity index (χ0v) is 7.53. The fraction of sp³-hybridized carbons (Fsp3) is 1.00. The van der Waals surface area contributed by atoms with Crippen LogP contribution < -0.4 is 0 Å². The van der Waals surface area contributed by atoms with Crippen molar-refractivity contribution in [2.45, 2.75) is 50.8 Å². The van der Waals surface area contributed by atoms with E-state index in [1.807, 2.05) is 0 Å². The first-order valence-electron chi connectivity index (χ1n) is 4.43. The Bertz CT molecular complexity index is 80.7. The van der Waals surface area contributed by atoms with Gasteiger partial charge in [0.2, 0.25) is 0 Å². The van der Waals surface area contributed by atoms with E-state index in [1.54, 1.807) is 0 Å². The smallest absolute Gasteiger partial charge is 0.0338 e. The molecule has 0 spiro atoms. The molecule has 0 aromatic heterocycles. The predicted molar refractivity (Wildman–Crippen MR) is 46.5 cm³/mol. The van der Waals surface area contributed by atoms with Crippen molar-refractivity contribution in [3.8, 4) is 0 Å². The molecule has 2 unspecified atom stereocenters. The summed E-state index contributed by atoms with van der Waals surface area (Å²) in [4.78, 5) is 0. The van der Waals surface area contributed by atoms with Crippen LogP contribution in [-0.2, 0) is 0 Å². The van der Waals surface area contributed by atoms with Crippen LogP contribution in [0.3, 0.4) is 0 Å². The fourth-order valence-corrected chi connectivity index (χ4v) is 2.17. The molecule has 0 N–H and O–H groups in total. The second-order valence-corrected chi connectivity index (χ2v) is 4.19. The van der Waals surface area contributed by atoms with Crippen molar-refractivity contribution in [3.63, 3.8) is 0 Å². The molecular formula is C9H17Cl. The molecule has 1 fully saturated rings. The van der Waals surface area contributed by atoms with Crippen molar-refractivity contribution >= 4 is 11.6 Å². The number of alkyl halides is 1. The molecule has 1 heteroatoms. The molecule has 0 saturated heterocycles. The van der Waals surface area contributed by atoms with E-state index < -0.39 is 0 Å². The Morgan fingerprint density at radius 3 is 2.60 bits per heavy atom. The van der Waals surface area contributed by atoms with Crippen molar-refractivity contribution in [1.82, 2.24) is 0 Å². The Kier molecular flexibility index (Phi) is 3.55. The van der Waals surface area contributed by atoms with E-state index in [9.17, 15) is 0 Å². The highest BCUT2D eigenvalue weighted by atomic mass is 35.5. The van der Waals surface area contributed by atoms with Gasteiger partial charge in [0.1, 0.15) is 0 Å². The van der Waals surface area contributed by atoms with Gasteiger partial charge in [-0.3, -0.25) is 0 Å². The van der Waals surface area contributed by atoms with Crippen molar-refractivity contribution in [2.24, 2.45) is 5.92 Å². The van der Waals surface area contributed by atoms with Crippen LogP contribution in [0.1, 0.15) is 45.4 Å². The third-order valence-corrected chi connectivity index (χ3v) is 2.77. The average Bonchev–Trinajstić information content (AvgIpc) is 1.83. The zero-order chi connectivity index (χ0) is 7.40. The molecule has 0 aromatic rings. The Balaban J connectivity index is 2.25. The van der Waals surface area contributed by atoms with E-state index in [4.69, 9.17) is 11.6 Å². The molecule has 0 bridgehead atoms. The lowest BCUT2D eigenvalue weighted by atomic mass is 9.92. The number of hydrogen-bond donors (Lipinski definition) is 0. The molecule has 0 aromatic carbocycles. The average molecular weight is 161 g/mol. The van der Waals surface area contributed by atoms with Gasteiger partial charge in [0.05, 0.1) is 0 Å². The molecule has 0 heterocycles. The first-order valence-corrected chi connectivity index (χ1v) is 4.86. The van der Waals surface area contributed by atoms with Crippen molar-refractivity contribution in [3.05, 3.63) is 0 Å². The molecule has 0 nitrogen and oxygen atoms in total. The first-order chi connectivity index (χ1) is 4.79. The van der Waals surface area contributed by atoms with Crippen LogP contribution in [0.2, 0.25) is 0 Å². The van der Waals surface area contributed by atoms with Crippen LogP contribution in [0.15, 0.2) is 0 Å². The number of rotatable bonds is 0. The lowest BCUT2D eigenvalue weighted by molar-refractivity contribution is 0.408. The highest BCUT2D eigenvalue weighted by Crippen LogP contribution is 2.24. The quantitative estimate of drug-likeness (QED) is 0.476. The van der Waals surface area contributed by atoms with Gasteiger partial charge in [0, 0.05) is 5.38 Å². The summed E-state index contributed by atoms with van der Waals surface area (Å²) in [5.41, 5.74) is 0. The number of halogens is 1. The van der Waals surface area contributed by atoms with Gasteiger partial charge in [-0.1, -0.05) is 32.6 Å². The minimum Gasteiger partial charge on any atom is -0.123 e. The van der Waals surface area contributed by atoms with Gasteiger partial charge in [-0.05, 0) is 18.8 Å². The highest BCUT2D eigenvalue weighted by Gasteiger charge is 2.12. The Hall–Kier alpha value is 0.290. The van der Waals surface area contributed by atoms with E-state index in [0.29, 0.717) is 5.38 Å². The number of hydrogen-bond acceptors (Lipinski definition) is 0. The summed E-state index contributed by atoms with van der Waals surface area (Å²) in [6.07, 6.45) is 8.04. The maximum absolute atomic E-state index is 6.09. The lowest BCUT2D eigenvalue weighted by Crippen LogP contribution is -2.08. The third kappa shape index (κ3) is 2.92. The molecule has 1 aliphatic carbocycles. The molecule has 1 saturated carbocycles. The summed E-state index contributed by atoms with van der Waals surface area (Å²) in [6, 6.07) is 0. The molecular weight excluding hydrogens is 144 g/mol. The van der Waals surface area contributed by atoms with E-state index in [0.717, 1.165) is 5.92 Å². The Morgan fingerprint density at radius 1 is 1.10 bits per heavy atom. The van der Waals surface area contributed by atoms with Crippen LogP contribution in [-0.4, -0.2) is 5.38 Å². The monoisotopic (exact) mass is 160 g/mol. The predicted octanol–water partition coefficient (Wildman–Crippen LogP) is 3.58. The van der Waals surface area contributed by atoms with Crippen LogP contribution >= 0.6 is 11.6 Å². The maximum Gasteiger partial charge on any atom is 0.0338 e. The summed E-state index contributed by atoms with van der Waals surface area (Å²) in [6.45, 7) is 2.32. The molecule has 2 atom stereocenters. The second kappa shape index (κ2) is 4.23. The SMILES string of the molecule is CC1CCCCCC(Cl)C1. The molecule has 0 aliphatic heterocycles. The minimum absolute atomic E-state index is 0.468. The van der Waals surface area contributed by atoms with Gasteiger partial charge in [-0.2, -0.15) is 0 Å². The largest absolute Gasteiger partial charge is 0.123 e. The molecule has 1 rings (SSSR count). The van der Waals surface area contributed by atoms with Gasteiger partial charge in [-0.25, -0.2) is 0 Å². The van der Waals surface area contributed by atoms with Gasteiger partial charge in [0.15, 0.2) is 0 Å². The van der Waals surface area contributed by atoms with Gasteiger partial charge in [0.25, 0.3) is 0 Å². The summed E-state index contributed by atoms with van der Waals surface area (Å²) in [7, 11) is 0. The molecule has 0 amide bonds. The van der Waals surface area contributed by atoms with E-state index in [1.165, 1.54) is 38.5 Å². The van der Waals surface area contributed by atoms with Crippen LogP contribution in [0.5, 0.6) is 0 Å². The highest BCUT2D eigenvalue weighted by molar-refractivity contribution is 6.20. The Morgan fingerprint density at radius 2 is 1.80 bits per heavy atom. The van der Waals surface area contributed by atoms with Crippen molar-refractivity contribution in [2.75, 3.05) is 0 Å². The Labute approximate surface area is 69.0 Å². The summed E-state index contributed by atoms with van der Waals surface area (Å²) in [5.74, 6) is 0.864. The minimum atomic E-state index is 0.468. The van der Waals surface area contributed by atoms with Crippen molar-refractivity contribution in [1.29, 1.82) is 0 Å².